The fraction of sp³-hybridized carbons (Fsp3) is 0.0417. The number of nitrogens with zero attached hydrogens (tertiary/aromatic N) is 5. The minimum absolute atomic E-state index is 0.0240. The summed E-state index contributed by atoms with van der Waals surface area (Å²) in [6.07, 6.45) is 5.62. The van der Waals surface area contributed by atoms with E-state index in [2.05, 4.69) is 24.7 Å². The molecule has 186 valence electrons. The van der Waals surface area contributed by atoms with Crippen molar-refractivity contribution in [2.45, 2.75) is 4.90 Å². The maximum atomic E-state index is 13.3. The normalized spacial score (nSPS) is 11.9. The molecule has 10 nitrogen and oxygen atoms in total. The molecule has 0 saturated heterocycles. The van der Waals surface area contributed by atoms with Crippen LogP contribution in [-0.4, -0.2) is 36.1 Å². The number of ether oxygens (including phenoxy) is 1. The van der Waals surface area contributed by atoms with Crippen LogP contribution in [0.15, 0.2) is 82.4 Å². The molecule has 3 N–H and O–H groups in total. The first-order valence-electron chi connectivity index (χ1n) is 10.5. The maximum Gasteiger partial charge on any atom is 0.263 e. The summed E-state index contributed by atoms with van der Waals surface area (Å²) < 4.78 is 47.1. The Balaban J connectivity index is 1.73. The van der Waals surface area contributed by atoms with Gasteiger partial charge in [-0.1, -0.05) is 0 Å². The molecule has 3 heterocycles. The second kappa shape index (κ2) is 10.9. The zero-order chi connectivity index (χ0) is 26.4. The standard InChI is InChI=1S/C24H18FN7O3S2/c1-28-19(8-9-26)23-21(6-4-18(31-23)15-2-7-22(25)30-14-15)35-20-5-3-17(12-16(20)13-27)37(33,34)32-24-29-10-11-36-24/h2-12,14H,26H2,1H3,(H,29,32). The average Bonchev–Trinajstić information content (AvgIpc) is 3.40. The summed E-state index contributed by atoms with van der Waals surface area (Å²) in [6.45, 7) is 0. The fourth-order valence-electron chi connectivity index (χ4n) is 3.17. The van der Waals surface area contributed by atoms with E-state index in [1.165, 1.54) is 55.0 Å². The van der Waals surface area contributed by atoms with Crippen LogP contribution in [0.1, 0.15) is 11.3 Å². The maximum absolute atomic E-state index is 13.3. The predicted molar refractivity (Wildman–Crippen MR) is 137 cm³/mol. The summed E-state index contributed by atoms with van der Waals surface area (Å²) in [7, 11) is -2.43. The fourth-order valence-corrected chi connectivity index (χ4v) is 4.98. The van der Waals surface area contributed by atoms with Crippen molar-refractivity contribution in [3.8, 4) is 28.8 Å². The molecule has 13 heteroatoms. The molecule has 0 aliphatic carbocycles. The Morgan fingerprint density at radius 3 is 2.68 bits per heavy atom. The van der Waals surface area contributed by atoms with Crippen LogP contribution in [0.3, 0.4) is 0 Å². The molecule has 0 atom stereocenters. The molecule has 0 radical (unpaired) electrons. The van der Waals surface area contributed by atoms with E-state index in [-0.39, 0.29) is 32.8 Å². The van der Waals surface area contributed by atoms with Gasteiger partial charge in [0, 0.05) is 30.4 Å². The quantitative estimate of drug-likeness (QED) is 0.252. The molecule has 0 aliphatic rings. The van der Waals surface area contributed by atoms with Crippen molar-refractivity contribution in [3.05, 3.63) is 89.7 Å². The summed E-state index contributed by atoms with van der Waals surface area (Å²) >= 11 is 1.12. The highest BCUT2D eigenvalue weighted by atomic mass is 32.2. The lowest BCUT2D eigenvalue weighted by molar-refractivity contribution is 0.477. The third kappa shape index (κ3) is 5.77. The van der Waals surface area contributed by atoms with E-state index >= 15 is 0 Å². The van der Waals surface area contributed by atoms with Crippen molar-refractivity contribution < 1.29 is 17.5 Å². The highest BCUT2D eigenvalue weighted by Gasteiger charge is 2.20. The number of nitrogens with two attached hydrogens (primary N) is 1. The first-order valence-corrected chi connectivity index (χ1v) is 12.8. The number of nitrogens with one attached hydrogen (secondary N) is 1. The van der Waals surface area contributed by atoms with Gasteiger partial charge in [0.1, 0.15) is 17.5 Å². The van der Waals surface area contributed by atoms with Crippen LogP contribution in [0.2, 0.25) is 0 Å². The number of benzene rings is 1. The second-order valence-electron chi connectivity index (χ2n) is 7.20. The third-order valence-electron chi connectivity index (χ3n) is 4.87. The van der Waals surface area contributed by atoms with Crippen molar-refractivity contribution in [2.75, 3.05) is 11.8 Å². The number of rotatable bonds is 8. The number of sulfonamides is 1. The number of anilines is 1. The Bertz CT molecular complexity index is 1630. The molecule has 0 saturated carbocycles. The first kappa shape index (κ1) is 25.4. The lowest BCUT2D eigenvalue weighted by Gasteiger charge is -2.14. The molecular formula is C24H18FN7O3S2. The molecule has 1 aromatic carbocycles. The van der Waals surface area contributed by atoms with Crippen LogP contribution in [-0.2, 0) is 10.0 Å². The van der Waals surface area contributed by atoms with Gasteiger partial charge in [0.15, 0.2) is 10.9 Å². The van der Waals surface area contributed by atoms with Crippen LogP contribution >= 0.6 is 11.3 Å². The molecular weight excluding hydrogens is 517 g/mol. The Labute approximate surface area is 215 Å². The number of hydrogen-bond acceptors (Lipinski definition) is 10. The highest BCUT2D eigenvalue weighted by Crippen LogP contribution is 2.32. The van der Waals surface area contributed by atoms with Crippen LogP contribution in [0.4, 0.5) is 9.52 Å². The summed E-state index contributed by atoms with van der Waals surface area (Å²) in [5, 5.41) is 11.5. The minimum Gasteiger partial charge on any atom is -0.454 e. The number of aromatic nitrogens is 3. The van der Waals surface area contributed by atoms with E-state index in [0.29, 0.717) is 17.0 Å². The SMILES string of the molecule is CN=C(C=CN)c1nc(-c2ccc(F)nc2)ccc1Oc1ccc(S(=O)(=O)Nc2nccs2)cc1C#N. The number of thiazole rings is 1. The van der Waals surface area contributed by atoms with Gasteiger partial charge in [-0.3, -0.25) is 9.71 Å². The van der Waals surface area contributed by atoms with Gasteiger partial charge in [0.25, 0.3) is 10.0 Å². The van der Waals surface area contributed by atoms with Gasteiger partial charge >= 0.3 is 0 Å². The van der Waals surface area contributed by atoms with Crippen molar-refractivity contribution >= 4 is 32.2 Å². The van der Waals surface area contributed by atoms with Gasteiger partial charge < -0.3 is 10.5 Å². The van der Waals surface area contributed by atoms with E-state index in [0.717, 1.165) is 11.3 Å². The Kier molecular flexibility index (Phi) is 7.52. The molecule has 3 aromatic heterocycles. The summed E-state index contributed by atoms with van der Waals surface area (Å²) in [4.78, 5) is 16.2. The molecule has 0 fully saturated rings. The topological polar surface area (TPSA) is 156 Å². The number of aliphatic imine (C=N–C) groups is 1. The molecule has 0 amide bonds. The number of pyridine rings is 2. The van der Waals surface area contributed by atoms with Crippen molar-refractivity contribution in [3.63, 3.8) is 0 Å². The summed E-state index contributed by atoms with van der Waals surface area (Å²) in [5.41, 5.74) is 7.24. The van der Waals surface area contributed by atoms with Gasteiger partial charge in [0.2, 0.25) is 5.95 Å². The number of hydrogen-bond donors (Lipinski definition) is 2. The van der Waals surface area contributed by atoms with Gasteiger partial charge in [-0.15, -0.1) is 11.3 Å². The monoisotopic (exact) mass is 535 g/mol. The largest absolute Gasteiger partial charge is 0.454 e. The van der Waals surface area contributed by atoms with Gasteiger partial charge in [-0.25, -0.2) is 23.4 Å². The van der Waals surface area contributed by atoms with E-state index < -0.39 is 16.0 Å². The zero-order valence-electron chi connectivity index (χ0n) is 19.2. The van der Waals surface area contributed by atoms with E-state index in [1.807, 2.05) is 6.07 Å². The molecule has 4 rings (SSSR count). The Hall–Kier alpha value is -4.67. The van der Waals surface area contributed by atoms with Crippen LogP contribution in [0, 0.1) is 17.3 Å². The second-order valence-corrected chi connectivity index (χ2v) is 9.77. The Morgan fingerprint density at radius 1 is 1.22 bits per heavy atom. The summed E-state index contributed by atoms with van der Waals surface area (Å²) in [5.74, 6) is -0.296. The molecule has 0 spiro atoms. The lowest BCUT2D eigenvalue weighted by Crippen LogP contribution is -2.13. The lowest BCUT2D eigenvalue weighted by atomic mass is 10.1. The molecule has 37 heavy (non-hydrogen) atoms. The van der Waals surface area contributed by atoms with Crippen LogP contribution in [0.5, 0.6) is 11.5 Å². The van der Waals surface area contributed by atoms with Gasteiger partial charge in [-0.2, -0.15) is 9.65 Å². The van der Waals surface area contributed by atoms with Crippen LogP contribution < -0.4 is 15.2 Å². The minimum atomic E-state index is -3.97. The highest BCUT2D eigenvalue weighted by molar-refractivity contribution is 7.93. The average molecular weight is 536 g/mol. The number of nitriles is 1. The van der Waals surface area contributed by atoms with E-state index in [9.17, 15) is 18.1 Å². The van der Waals surface area contributed by atoms with Crippen molar-refractivity contribution in [1.82, 2.24) is 15.0 Å². The molecule has 0 bridgehead atoms. The smallest absolute Gasteiger partial charge is 0.263 e. The predicted octanol–water partition coefficient (Wildman–Crippen LogP) is 4.10. The number of allylic oxidation sites excluding steroid dienone is 1. The molecule has 4 aromatic rings. The van der Waals surface area contributed by atoms with Crippen molar-refractivity contribution in [2.24, 2.45) is 10.7 Å². The van der Waals surface area contributed by atoms with Gasteiger partial charge in [-0.05, 0) is 54.7 Å². The summed E-state index contributed by atoms with van der Waals surface area (Å²) in [6, 6.07) is 11.8. The van der Waals surface area contributed by atoms with E-state index in [4.69, 9.17) is 10.5 Å². The number of halogens is 1. The van der Waals surface area contributed by atoms with Crippen LogP contribution in [0.25, 0.3) is 11.3 Å². The third-order valence-corrected chi connectivity index (χ3v) is 7.03. The molecule has 0 unspecified atom stereocenters. The first-order chi connectivity index (χ1) is 17.8. The van der Waals surface area contributed by atoms with Gasteiger partial charge in [0.05, 0.1) is 21.9 Å². The zero-order valence-corrected chi connectivity index (χ0v) is 20.8. The van der Waals surface area contributed by atoms with Crippen molar-refractivity contribution in [1.29, 1.82) is 5.26 Å². The Morgan fingerprint density at radius 2 is 2.03 bits per heavy atom. The van der Waals surface area contributed by atoms with E-state index in [1.54, 1.807) is 24.6 Å². The molecule has 0 aliphatic heterocycles.